The Bertz CT molecular complexity index is 1190. The van der Waals surface area contributed by atoms with Crippen molar-refractivity contribution in [2.24, 2.45) is 0 Å². The molecule has 0 aliphatic carbocycles. The predicted molar refractivity (Wildman–Crippen MR) is 109 cm³/mol. The maximum Gasteiger partial charge on any atom is 0.141 e. The average Bonchev–Trinajstić information content (AvgIpc) is 3.00. The summed E-state index contributed by atoms with van der Waals surface area (Å²) in [7, 11) is 0. The summed E-state index contributed by atoms with van der Waals surface area (Å²) in [6.45, 7) is 4.78. The van der Waals surface area contributed by atoms with Crippen LogP contribution in [0.5, 0.6) is 0 Å². The summed E-state index contributed by atoms with van der Waals surface area (Å²) in [6, 6.07) is 22.0. The van der Waals surface area contributed by atoms with Gasteiger partial charge < -0.3 is 10.3 Å². The number of aromatic nitrogens is 2. The van der Waals surface area contributed by atoms with E-state index in [-0.39, 0.29) is 0 Å². The van der Waals surface area contributed by atoms with Gasteiger partial charge in [-0.25, -0.2) is 4.98 Å². The van der Waals surface area contributed by atoms with Gasteiger partial charge in [0.15, 0.2) is 0 Å². The topological polar surface area (TPSA) is 67.6 Å². The van der Waals surface area contributed by atoms with Crippen molar-refractivity contribution < 1.29 is 0 Å². The van der Waals surface area contributed by atoms with Crippen molar-refractivity contribution in [3.8, 4) is 17.5 Å². The normalized spacial score (nSPS) is 10.9. The number of hydrogen-bond acceptors (Lipinski definition) is 3. The molecule has 132 valence electrons. The number of imidazole rings is 1. The molecule has 0 fully saturated rings. The number of anilines is 1. The van der Waals surface area contributed by atoms with Crippen molar-refractivity contribution in [2.45, 2.75) is 20.4 Å². The van der Waals surface area contributed by atoms with Crippen LogP contribution in [-0.4, -0.2) is 9.55 Å². The molecule has 1 aromatic heterocycles. The zero-order valence-electron chi connectivity index (χ0n) is 15.4. The number of aryl methyl sites for hydroxylation is 2. The van der Waals surface area contributed by atoms with Crippen molar-refractivity contribution >= 4 is 16.7 Å². The van der Waals surface area contributed by atoms with Gasteiger partial charge in [0.05, 0.1) is 29.2 Å². The van der Waals surface area contributed by atoms with E-state index in [9.17, 15) is 5.26 Å². The molecule has 1 heterocycles. The minimum absolute atomic E-state index is 0.576. The molecule has 4 rings (SSSR count). The third-order valence-corrected chi connectivity index (χ3v) is 4.97. The zero-order valence-corrected chi connectivity index (χ0v) is 15.4. The van der Waals surface area contributed by atoms with Crippen LogP contribution in [-0.2, 0) is 6.54 Å². The maximum absolute atomic E-state index is 9.47. The first-order valence-corrected chi connectivity index (χ1v) is 8.88. The summed E-state index contributed by atoms with van der Waals surface area (Å²) in [5, 5.41) is 9.47. The number of benzene rings is 3. The predicted octanol–water partition coefficient (Wildman–Crippen LogP) is 4.82. The molecule has 0 saturated carbocycles. The van der Waals surface area contributed by atoms with Crippen LogP contribution in [0.2, 0.25) is 0 Å². The van der Waals surface area contributed by atoms with E-state index in [4.69, 9.17) is 10.7 Å². The molecule has 4 heteroatoms. The summed E-state index contributed by atoms with van der Waals surface area (Å²) < 4.78 is 2.17. The third-order valence-electron chi connectivity index (χ3n) is 4.97. The molecule has 0 aliphatic heterocycles. The molecule has 3 aromatic carbocycles. The molecule has 0 bridgehead atoms. The second-order valence-electron chi connectivity index (χ2n) is 6.84. The molecular formula is C23H20N4. The summed E-state index contributed by atoms with van der Waals surface area (Å²) >= 11 is 0. The van der Waals surface area contributed by atoms with Crippen LogP contribution in [0.4, 0.5) is 5.69 Å². The highest BCUT2D eigenvalue weighted by atomic mass is 15.1. The van der Waals surface area contributed by atoms with Crippen LogP contribution in [0, 0.1) is 25.2 Å². The second-order valence-corrected chi connectivity index (χ2v) is 6.84. The van der Waals surface area contributed by atoms with Gasteiger partial charge in [-0.05, 0) is 60.9 Å². The number of nitriles is 1. The van der Waals surface area contributed by atoms with Gasteiger partial charge in [-0.2, -0.15) is 5.26 Å². The fourth-order valence-electron chi connectivity index (χ4n) is 3.38. The minimum atomic E-state index is 0.576. The van der Waals surface area contributed by atoms with Crippen LogP contribution in [0.3, 0.4) is 0 Å². The SMILES string of the molecule is Cc1cc2nc(-c3cccc(N)c3)n(Cc3ccccc3C#N)c2cc1C. The Labute approximate surface area is 158 Å². The van der Waals surface area contributed by atoms with Crippen molar-refractivity contribution in [2.75, 3.05) is 5.73 Å². The van der Waals surface area contributed by atoms with Gasteiger partial charge in [-0.15, -0.1) is 0 Å². The van der Waals surface area contributed by atoms with Gasteiger partial charge in [0, 0.05) is 11.3 Å². The van der Waals surface area contributed by atoms with Crippen molar-refractivity contribution in [3.63, 3.8) is 0 Å². The number of nitrogens with two attached hydrogens (primary N) is 1. The minimum Gasteiger partial charge on any atom is -0.399 e. The number of rotatable bonds is 3. The molecule has 4 aromatic rings. The van der Waals surface area contributed by atoms with E-state index in [2.05, 4.69) is 36.6 Å². The molecule has 27 heavy (non-hydrogen) atoms. The van der Waals surface area contributed by atoms with Crippen LogP contribution in [0.25, 0.3) is 22.4 Å². The summed E-state index contributed by atoms with van der Waals surface area (Å²) in [6.07, 6.45) is 0. The van der Waals surface area contributed by atoms with Gasteiger partial charge in [0.1, 0.15) is 5.82 Å². The molecule has 0 aliphatic rings. The van der Waals surface area contributed by atoms with Crippen LogP contribution in [0.1, 0.15) is 22.3 Å². The first-order chi connectivity index (χ1) is 13.1. The highest BCUT2D eigenvalue weighted by Gasteiger charge is 2.15. The molecule has 0 atom stereocenters. The Balaban J connectivity index is 1.97. The lowest BCUT2D eigenvalue weighted by atomic mass is 10.1. The highest BCUT2D eigenvalue weighted by molar-refractivity contribution is 5.83. The number of nitrogens with zero attached hydrogens (tertiary/aromatic N) is 3. The van der Waals surface area contributed by atoms with E-state index in [0.717, 1.165) is 28.0 Å². The van der Waals surface area contributed by atoms with E-state index in [0.29, 0.717) is 17.8 Å². The monoisotopic (exact) mass is 352 g/mol. The van der Waals surface area contributed by atoms with Crippen molar-refractivity contribution in [1.29, 1.82) is 5.26 Å². The quantitative estimate of drug-likeness (QED) is 0.537. The Hall–Kier alpha value is -3.58. The summed E-state index contributed by atoms with van der Waals surface area (Å²) in [4.78, 5) is 4.90. The van der Waals surface area contributed by atoms with Gasteiger partial charge in [0.2, 0.25) is 0 Å². The third kappa shape index (κ3) is 3.04. The first-order valence-electron chi connectivity index (χ1n) is 8.88. The van der Waals surface area contributed by atoms with Gasteiger partial charge in [-0.1, -0.05) is 30.3 Å². The fraction of sp³-hybridized carbons (Fsp3) is 0.130. The van der Waals surface area contributed by atoms with Crippen molar-refractivity contribution in [3.05, 3.63) is 82.9 Å². The Morgan fingerprint density at radius 2 is 1.78 bits per heavy atom. The molecule has 0 radical (unpaired) electrons. The summed E-state index contributed by atoms with van der Waals surface area (Å²) in [5.41, 5.74) is 13.8. The standard InChI is InChI=1S/C23H20N4/c1-15-10-21-22(11-16(15)2)27(14-19-7-4-3-6-18(19)13-24)23(26-21)17-8-5-9-20(25)12-17/h3-12H,14,25H2,1-2H3. The lowest BCUT2D eigenvalue weighted by molar-refractivity contribution is 0.831. The first kappa shape index (κ1) is 16.9. The van der Waals surface area contributed by atoms with Crippen LogP contribution in [0.15, 0.2) is 60.7 Å². The molecular weight excluding hydrogens is 332 g/mol. The van der Waals surface area contributed by atoms with Gasteiger partial charge in [-0.3, -0.25) is 0 Å². The highest BCUT2D eigenvalue weighted by Crippen LogP contribution is 2.29. The molecule has 0 spiro atoms. The summed E-state index contributed by atoms with van der Waals surface area (Å²) in [5.74, 6) is 0.857. The van der Waals surface area contributed by atoms with Crippen molar-refractivity contribution in [1.82, 2.24) is 9.55 Å². The van der Waals surface area contributed by atoms with E-state index >= 15 is 0 Å². The van der Waals surface area contributed by atoms with Crippen LogP contribution >= 0.6 is 0 Å². The van der Waals surface area contributed by atoms with Crippen LogP contribution < -0.4 is 5.73 Å². The molecule has 0 saturated heterocycles. The second kappa shape index (κ2) is 6.62. The Morgan fingerprint density at radius 1 is 1.00 bits per heavy atom. The van der Waals surface area contributed by atoms with E-state index in [1.165, 1.54) is 11.1 Å². The maximum atomic E-state index is 9.47. The zero-order chi connectivity index (χ0) is 19.0. The average molecular weight is 352 g/mol. The lowest BCUT2D eigenvalue weighted by Gasteiger charge is -2.12. The molecule has 2 N–H and O–H groups in total. The molecule has 0 amide bonds. The molecule has 4 nitrogen and oxygen atoms in total. The van der Waals surface area contributed by atoms with Gasteiger partial charge >= 0.3 is 0 Å². The Morgan fingerprint density at radius 3 is 2.56 bits per heavy atom. The fourth-order valence-corrected chi connectivity index (χ4v) is 3.38. The largest absolute Gasteiger partial charge is 0.399 e. The van der Waals surface area contributed by atoms with E-state index in [1.54, 1.807) is 0 Å². The lowest BCUT2D eigenvalue weighted by Crippen LogP contribution is -2.04. The smallest absolute Gasteiger partial charge is 0.141 e. The van der Waals surface area contributed by atoms with E-state index < -0.39 is 0 Å². The Kier molecular flexibility index (Phi) is 4.13. The number of hydrogen-bond donors (Lipinski definition) is 1. The van der Waals surface area contributed by atoms with E-state index in [1.807, 2.05) is 48.5 Å². The number of nitrogen functional groups attached to an aromatic ring is 1. The number of fused-ring (bicyclic) bond motifs is 1. The molecule has 0 unspecified atom stereocenters. The van der Waals surface area contributed by atoms with Gasteiger partial charge in [0.25, 0.3) is 0 Å².